The number of hydrogen-bond acceptors (Lipinski definition) is 7. The third-order valence-corrected chi connectivity index (χ3v) is 8.52. The predicted molar refractivity (Wildman–Crippen MR) is 132 cm³/mol. The van der Waals surface area contributed by atoms with E-state index in [1.54, 1.807) is 11.1 Å². The lowest BCUT2D eigenvalue weighted by Crippen LogP contribution is -2.52. The van der Waals surface area contributed by atoms with E-state index < -0.39 is 11.3 Å². The van der Waals surface area contributed by atoms with Crippen LogP contribution in [0.3, 0.4) is 0 Å². The molecule has 4 atom stereocenters. The number of carbonyl (C=O) groups excluding carboxylic acids is 2. The van der Waals surface area contributed by atoms with E-state index in [1.165, 1.54) is 11.8 Å². The Bertz CT molecular complexity index is 1120. The van der Waals surface area contributed by atoms with Gasteiger partial charge < -0.3 is 25.8 Å². The van der Waals surface area contributed by atoms with Crippen LogP contribution >= 0.6 is 11.8 Å². The second-order valence-corrected chi connectivity index (χ2v) is 10.6. The van der Waals surface area contributed by atoms with Gasteiger partial charge in [-0.05, 0) is 49.6 Å². The molecule has 35 heavy (non-hydrogen) atoms. The van der Waals surface area contributed by atoms with Crippen LogP contribution in [0.2, 0.25) is 0 Å². The Kier molecular flexibility index (Phi) is 6.03. The highest BCUT2D eigenvalue weighted by Crippen LogP contribution is 2.50. The third-order valence-electron chi connectivity index (χ3n) is 7.23. The van der Waals surface area contributed by atoms with Gasteiger partial charge in [-0.2, -0.15) is 0 Å². The molecular weight excluding hydrogens is 466 g/mol. The van der Waals surface area contributed by atoms with E-state index in [9.17, 15) is 9.59 Å². The largest absolute Gasteiger partial charge is 0.490 e. The first kappa shape index (κ1) is 22.6. The average molecular weight is 496 g/mol. The Morgan fingerprint density at radius 3 is 2.71 bits per heavy atom. The fraction of sp³-hybridized carbons (Fsp3) is 0.480. The molecule has 1 saturated carbocycles. The fourth-order valence-electron chi connectivity index (χ4n) is 5.37. The van der Waals surface area contributed by atoms with Crippen LogP contribution in [0.25, 0.3) is 0 Å². The van der Waals surface area contributed by atoms with E-state index in [1.807, 2.05) is 30.3 Å². The highest BCUT2D eigenvalue weighted by atomic mass is 32.2. The number of carbonyl (C=O) groups is 2. The molecule has 0 radical (unpaired) electrons. The van der Waals surface area contributed by atoms with E-state index in [0.717, 1.165) is 73.0 Å². The first-order valence-corrected chi connectivity index (χ1v) is 13.1. The number of amides is 3. The summed E-state index contributed by atoms with van der Waals surface area (Å²) in [6, 6.07) is 8.65. The van der Waals surface area contributed by atoms with Gasteiger partial charge in [0.15, 0.2) is 0 Å². The molecule has 0 bridgehead atoms. The second kappa shape index (κ2) is 9.33. The monoisotopic (exact) mass is 495 g/mol. The lowest BCUT2D eigenvalue weighted by Gasteiger charge is -2.34. The van der Waals surface area contributed by atoms with Crippen LogP contribution in [0.15, 0.2) is 41.6 Å². The number of rotatable bonds is 5. The molecule has 3 aliphatic heterocycles. The Hall–Kier alpha value is -2.82. The first-order chi connectivity index (χ1) is 17.1. The summed E-state index contributed by atoms with van der Waals surface area (Å²) in [5.41, 5.74) is 8.52. The highest BCUT2D eigenvalue weighted by Gasteiger charge is 2.47. The summed E-state index contributed by atoms with van der Waals surface area (Å²) in [5.74, 6) is 0.669. The van der Waals surface area contributed by atoms with Crippen LogP contribution in [-0.4, -0.2) is 53.6 Å². The summed E-state index contributed by atoms with van der Waals surface area (Å²) in [7, 11) is 0. The lowest BCUT2D eigenvalue weighted by molar-refractivity contribution is -0.121. The fourth-order valence-corrected chi connectivity index (χ4v) is 6.61. The van der Waals surface area contributed by atoms with E-state index in [-0.39, 0.29) is 30.1 Å². The van der Waals surface area contributed by atoms with Crippen LogP contribution in [0.1, 0.15) is 43.7 Å². The van der Waals surface area contributed by atoms with Crippen molar-refractivity contribution in [2.45, 2.75) is 66.6 Å². The van der Waals surface area contributed by atoms with Crippen molar-refractivity contribution in [3.8, 4) is 5.75 Å². The number of pyridine rings is 1. The van der Waals surface area contributed by atoms with Gasteiger partial charge in [-0.25, -0.2) is 9.78 Å². The molecule has 1 aromatic carbocycles. The Morgan fingerprint density at radius 2 is 1.97 bits per heavy atom. The normalized spacial score (nSPS) is 27.9. The van der Waals surface area contributed by atoms with Crippen molar-refractivity contribution in [3.05, 3.63) is 42.1 Å². The summed E-state index contributed by atoms with van der Waals surface area (Å²) in [6.07, 6.45) is 6.42. The zero-order valence-corrected chi connectivity index (χ0v) is 20.1. The maximum atomic E-state index is 13.3. The lowest BCUT2D eigenvalue weighted by atomic mass is 9.99. The van der Waals surface area contributed by atoms with Gasteiger partial charge in [0.25, 0.3) is 0 Å². The van der Waals surface area contributed by atoms with Crippen LogP contribution in [0.4, 0.5) is 16.2 Å². The summed E-state index contributed by atoms with van der Waals surface area (Å²) in [4.78, 5) is 32.6. The van der Waals surface area contributed by atoms with Crippen LogP contribution in [-0.2, 0) is 9.53 Å². The van der Waals surface area contributed by atoms with Gasteiger partial charge >= 0.3 is 6.03 Å². The molecule has 3 amide bonds. The number of hydrogen-bond donors (Lipinski definition) is 3. The number of nitrogens with zero attached hydrogens (tertiary/aromatic N) is 2. The van der Waals surface area contributed by atoms with Crippen molar-refractivity contribution < 1.29 is 19.1 Å². The molecule has 10 heteroatoms. The quantitative estimate of drug-likeness (QED) is 0.583. The van der Waals surface area contributed by atoms with Gasteiger partial charge in [-0.1, -0.05) is 11.8 Å². The number of benzene rings is 1. The maximum absolute atomic E-state index is 13.3. The van der Waals surface area contributed by atoms with Gasteiger partial charge in [0, 0.05) is 36.7 Å². The minimum Gasteiger partial charge on any atom is -0.490 e. The number of ether oxygens (including phenoxy) is 2. The van der Waals surface area contributed by atoms with Crippen molar-refractivity contribution in [1.82, 2.24) is 15.6 Å². The van der Waals surface area contributed by atoms with Gasteiger partial charge in [-0.15, -0.1) is 0 Å². The summed E-state index contributed by atoms with van der Waals surface area (Å²) in [5, 5.41) is 6.46. The van der Waals surface area contributed by atoms with Gasteiger partial charge in [0.05, 0.1) is 30.6 Å². The minimum absolute atomic E-state index is 0.0168. The molecule has 6 rings (SSSR count). The maximum Gasteiger partial charge on any atom is 0.327 e. The number of aromatic nitrogens is 1. The average Bonchev–Trinajstić information content (AvgIpc) is 3.44. The summed E-state index contributed by atoms with van der Waals surface area (Å²) >= 11 is 1.40. The molecule has 1 saturated heterocycles. The van der Waals surface area contributed by atoms with E-state index >= 15 is 0 Å². The van der Waals surface area contributed by atoms with Gasteiger partial charge in [-0.3, -0.25) is 9.69 Å². The molecule has 9 nitrogen and oxygen atoms in total. The van der Waals surface area contributed by atoms with Crippen molar-refractivity contribution in [2.75, 3.05) is 18.1 Å². The molecule has 1 aliphatic carbocycles. The molecule has 0 spiro atoms. The number of nitrogens with one attached hydrogen (secondary N) is 2. The van der Waals surface area contributed by atoms with Crippen LogP contribution in [0.5, 0.6) is 5.75 Å². The number of urea groups is 1. The van der Waals surface area contributed by atoms with E-state index in [2.05, 4.69) is 15.6 Å². The first-order valence-electron chi connectivity index (χ1n) is 12.2. The zero-order valence-electron chi connectivity index (χ0n) is 19.3. The number of nitrogens with two attached hydrogens (primary N) is 1. The van der Waals surface area contributed by atoms with Gasteiger partial charge in [0.1, 0.15) is 22.1 Å². The number of anilines is 2. The minimum atomic E-state index is -0.479. The summed E-state index contributed by atoms with van der Waals surface area (Å²) in [6.45, 7) is 1.44. The topological polar surface area (TPSA) is 119 Å². The Balaban J connectivity index is 1.22. The summed E-state index contributed by atoms with van der Waals surface area (Å²) < 4.78 is 11.5. The molecule has 2 fully saturated rings. The van der Waals surface area contributed by atoms with Crippen molar-refractivity contribution >= 4 is 35.1 Å². The molecule has 4 N–H and O–H groups in total. The smallest absolute Gasteiger partial charge is 0.327 e. The van der Waals surface area contributed by atoms with Crippen LogP contribution < -0.4 is 26.0 Å². The van der Waals surface area contributed by atoms with E-state index in [4.69, 9.17) is 15.2 Å². The van der Waals surface area contributed by atoms with E-state index in [0.29, 0.717) is 0 Å². The standard InChI is InChI=1S/C25H29N5O4S/c26-17-2-1-3-18(17)28-23(31)22-21-20-19(8-11-27-24(20)35-22)30(25(32)29-21)14-4-6-15(7-5-14)34-16-9-12-33-13-10-16/h4-8,11,16-18,21-22H,1-3,9-10,12-13,26H2,(H,28,31)(H,29,32)/t17-,18+,21?,22?/m0/s1. The molecule has 4 heterocycles. The Morgan fingerprint density at radius 1 is 1.17 bits per heavy atom. The molecule has 1 aromatic heterocycles. The second-order valence-electron chi connectivity index (χ2n) is 9.48. The van der Waals surface area contributed by atoms with Crippen molar-refractivity contribution in [1.29, 1.82) is 0 Å². The van der Waals surface area contributed by atoms with Crippen molar-refractivity contribution in [2.24, 2.45) is 5.73 Å². The molecule has 4 aliphatic rings. The number of thioether (sulfide) groups is 1. The predicted octanol–water partition coefficient (Wildman–Crippen LogP) is 3.01. The van der Waals surface area contributed by atoms with Crippen LogP contribution in [0, 0.1) is 0 Å². The zero-order chi connectivity index (χ0) is 23.9. The highest BCUT2D eigenvalue weighted by molar-refractivity contribution is 8.01. The molecule has 184 valence electrons. The molecule has 2 aromatic rings. The molecular formula is C25H29N5O4S. The molecule has 2 unspecified atom stereocenters. The Labute approximate surface area is 208 Å². The van der Waals surface area contributed by atoms with Crippen molar-refractivity contribution in [3.63, 3.8) is 0 Å². The third kappa shape index (κ3) is 4.23. The van der Waals surface area contributed by atoms with Gasteiger partial charge in [0.2, 0.25) is 5.91 Å². The SMILES string of the molecule is N[C@H]1CCC[C@H]1NC(=O)C1Sc2nccc3c2C1NC(=O)N3c1ccc(OC2CCOCC2)cc1.